The number of carbonyl (C=O) groups excluding carboxylic acids is 1. The van der Waals surface area contributed by atoms with Gasteiger partial charge in [-0.15, -0.1) is 0 Å². The summed E-state index contributed by atoms with van der Waals surface area (Å²) in [5.74, 6) is 0.749. The van der Waals surface area contributed by atoms with Crippen LogP contribution in [0.2, 0.25) is 0 Å². The first-order valence-corrected chi connectivity index (χ1v) is 9.57. The lowest BCUT2D eigenvalue weighted by molar-refractivity contribution is 0.100. The van der Waals surface area contributed by atoms with E-state index in [9.17, 15) is 4.79 Å². The molecule has 0 aliphatic carbocycles. The first kappa shape index (κ1) is 22.6. The van der Waals surface area contributed by atoms with Gasteiger partial charge in [-0.25, -0.2) is 4.98 Å². The van der Waals surface area contributed by atoms with Crippen LogP contribution in [0.25, 0.3) is 0 Å². The molecule has 3 N–H and O–H groups in total. The number of pyridine rings is 2. The molecule has 2 rings (SSSR count). The van der Waals surface area contributed by atoms with Crippen molar-refractivity contribution in [2.45, 2.75) is 40.7 Å². The van der Waals surface area contributed by atoms with E-state index in [-0.39, 0.29) is 0 Å². The normalized spacial score (nSPS) is 10.4. The fraction of sp³-hybridized carbons (Fsp3) is 0.476. The predicted octanol–water partition coefficient (Wildman–Crippen LogP) is 3.56. The Balaban J connectivity index is 0.000000277. The van der Waals surface area contributed by atoms with E-state index in [2.05, 4.69) is 53.9 Å². The van der Waals surface area contributed by atoms with Crippen LogP contribution >= 0.6 is 0 Å². The maximum Gasteiger partial charge on any atom is 0.252 e. The fourth-order valence-corrected chi connectivity index (χ4v) is 2.42. The topological polar surface area (TPSA) is 84.1 Å². The molecule has 0 saturated heterocycles. The summed E-state index contributed by atoms with van der Waals surface area (Å²) in [6, 6.07) is 7.48. The molecule has 0 aromatic carbocycles. The summed E-state index contributed by atoms with van der Waals surface area (Å²) >= 11 is 0. The number of aromatic nitrogens is 2. The number of carbonyl (C=O) groups is 1. The summed E-state index contributed by atoms with van der Waals surface area (Å²) in [5, 5.41) is 3.11. The van der Waals surface area contributed by atoms with E-state index < -0.39 is 5.91 Å². The fourth-order valence-electron chi connectivity index (χ4n) is 2.42. The summed E-state index contributed by atoms with van der Waals surface area (Å²) in [6.45, 7) is 12.7. The lowest BCUT2D eigenvalue weighted by Crippen LogP contribution is -2.22. The van der Waals surface area contributed by atoms with Gasteiger partial charge in [0.1, 0.15) is 5.82 Å². The van der Waals surface area contributed by atoms with Crippen molar-refractivity contribution in [2.75, 3.05) is 25.0 Å². The first-order valence-electron chi connectivity index (χ1n) is 9.57. The van der Waals surface area contributed by atoms with Crippen molar-refractivity contribution in [1.82, 2.24) is 14.9 Å². The van der Waals surface area contributed by atoms with Crippen LogP contribution in [0.1, 0.15) is 50.0 Å². The molecule has 6 heteroatoms. The highest BCUT2D eigenvalue weighted by atomic mass is 16.1. The zero-order valence-corrected chi connectivity index (χ0v) is 17.0. The number of hydrogen-bond donors (Lipinski definition) is 2. The molecule has 6 nitrogen and oxygen atoms in total. The van der Waals surface area contributed by atoms with Gasteiger partial charge >= 0.3 is 0 Å². The van der Waals surface area contributed by atoms with Gasteiger partial charge in [-0.3, -0.25) is 14.7 Å². The quantitative estimate of drug-likeness (QED) is 0.704. The number of amides is 1. The van der Waals surface area contributed by atoms with E-state index in [0.717, 1.165) is 32.6 Å². The molecule has 0 spiro atoms. The molecule has 0 bridgehead atoms. The lowest BCUT2D eigenvalue weighted by Gasteiger charge is -2.17. The van der Waals surface area contributed by atoms with Crippen LogP contribution in [-0.2, 0) is 6.54 Å². The molecule has 0 unspecified atom stereocenters. The zero-order valence-electron chi connectivity index (χ0n) is 17.0. The van der Waals surface area contributed by atoms with Crippen LogP contribution < -0.4 is 11.1 Å². The smallest absolute Gasteiger partial charge is 0.252 e. The third-order valence-electron chi connectivity index (χ3n) is 4.11. The van der Waals surface area contributed by atoms with Gasteiger partial charge in [-0.05, 0) is 49.2 Å². The summed E-state index contributed by atoms with van der Waals surface area (Å²) < 4.78 is 0. The van der Waals surface area contributed by atoms with Crippen LogP contribution in [0.15, 0.2) is 42.9 Å². The average molecular weight is 372 g/mol. The van der Waals surface area contributed by atoms with E-state index in [1.807, 2.05) is 18.5 Å². The van der Waals surface area contributed by atoms with E-state index in [1.54, 1.807) is 18.3 Å². The molecule has 2 aromatic heterocycles. The Bertz CT molecular complexity index is 657. The van der Waals surface area contributed by atoms with E-state index in [0.29, 0.717) is 17.3 Å². The third kappa shape index (κ3) is 9.15. The molecule has 1 amide bonds. The second kappa shape index (κ2) is 12.8. The molecule has 27 heavy (non-hydrogen) atoms. The summed E-state index contributed by atoms with van der Waals surface area (Å²) in [5.41, 5.74) is 6.97. The van der Waals surface area contributed by atoms with Crippen molar-refractivity contribution in [2.24, 2.45) is 11.7 Å². The van der Waals surface area contributed by atoms with Crippen molar-refractivity contribution < 1.29 is 4.79 Å². The second-order valence-electron chi connectivity index (χ2n) is 6.70. The van der Waals surface area contributed by atoms with E-state index in [4.69, 9.17) is 5.73 Å². The maximum absolute atomic E-state index is 11.1. The maximum atomic E-state index is 11.1. The Kier molecular flexibility index (Phi) is 10.7. The number of nitrogens with two attached hydrogens (primary N) is 1. The molecule has 0 aliphatic heterocycles. The molecular weight excluding hydrogens is 338 g/mol. The van der Waals surface area contributed by atoms with Crippen LogP contribution in [0.4, 0.5) is 5.82 Å². The van der Waals surface area contributed by atoms with Gasteiger partial charge in [0.05, 0.1) is 5.56 Å². The van der Waals surface area contributed by atoms with Crippen molar-refractivity contribution in [3.8, 4) is 0 Å². The summed E-state index contributed by atoms with van der Waals surface area (Å²) in [7, 11) is 0. The number of anilines is 1. The molecule has 0 aliphatic rings. The van der Waals surface area contributed by atoms with Crippen molar-refractivity contribution >= 4 is 11.7 Å². The SMILES string of the molecule is CC(C)CCNc1ncccc1C(N)=O.CCN(CC)Cc1cccnc1. The molecular formula is C21H33N5O. The van der Waals surface area contributed by atoms with Crippen LogP contribution in [-0.4, -0.2) is 40.4 Å². The molecule has 2 aromatic rings. The van der Waals surface area contributed by atoms with Crippen LogP contribution in [0.5, 0.6) is 0 Å². The number of primary amides is 1. The highest BCUT2D eigenvalue weighted by Crippen LogP contribution is 2.11. The Labute approximate surface area is 163 Å². The van der Waals surface area contributed by atoms with Gasteiger partial charge < -0.3 is 11.1 Å². The zero-order chi connectivity index (χ0) is 20.1. The van der Waals surface area contributed by atoms with Gasteiger partial charge in [0.2, 0.25) is 0 Å². The molecule has 0 atom stereocenters. The minimum absolute atomic E-state index is 0.446. The molecule has 0 saturated carbocycles. The van der Waals surface area contributed by atoms with E-state index in [1.165, 1.54) is 5.56 Å². The standard InChI is InChI=1S/C11H17N3O.C10H16N2/c1-8(2)5-7-14-11-9(10(12)15)4-3-6-13-11;1-3-12(4-2)9-10-6-5-7-11-8-10/h3-4,6,8H,5,7H2,1-2H3,(H2,12,15)(H,13,14);5-8H,3-4,9H2,1-2H3. The third-order valence-corrected chi connectivity index (χ3v) is 4.11. The Morgan fingerprint density at radius 3 is 2.44 bits per heavy atom. The average Bonchev–Trinajstić information content (AvgIpc) is 2.67. The number of rotatable bonds is 9. The molecule has 2 heterocycles. The summed E-state index contributed by atoms with van der Waals surface area (Å²) in [6.07, 6.45) is 6.42. The Morgan fingerprint density at radius 2 is 1.89 bits per heavy atom. The van der Waals surface area contributed by atoms with Gasteiger partial charge in [-0.2, -0.15) is 0 Å². The van der Waals surface area contributed by atoms with Gasteiger partial charge in [0.25, 0.3) is 5.91 Å². The van der Waals surface area contributed by atoms with Gasteiger partial charge in [0.15, 0.2) is 0 Å². The second-order valence-corrected chi connectivity index (χ2v) is 6.70. The van der Waals surface area contributed by atoms with Gasteiger partial charge in [-0.1, -0.05) is 33.8 Å². The van der Waals surface area contributed by atoms with Crippen LogP contribution in [0, 0.1) is 5.92 Å². The molecule has 0 fully saturated rings. The minimum atomic E-state index is -0.449. The van der Waals surface area contributed by atoms with Crippen molar-refractivity contribution in [1.29, 1.82) is 0 Å². The predicted molar refractivity (Wildman–Crippen MR) is 112 cm³/mol. The number of hydrogen-bond acceptors (Lipinski definition) is 5. The highest BCUT2D eigenvalue weighted by Gasteiger charge is 2.07. The number of nitrogens with zero attached hydrogens (tertiary/aromatic N) is 3. The van der Waals surface area contributed by atoms with Crippen molar-refractivity contribution in [3.63, 3.8) is 0 Å². The minimum Gasteiger partial charge on any atom is -0.369 e. The monoisotopic (exact) mass is 371 g/mol. The van der Waals surface area contributed by atoms with E-state index >= 15 is 0 Å². The molecule has 0 radical (unpaired) electrons. The Hall–Kier alpha value is -2.47. The summed E-state index contributed by atoms with van der Waals surface area (Å²) in [4.78, 5) is 21.6. The highest BCUT2D eigenvalue weighted by molar-refractivity contribution is 5.97. The Morgan fingerprint density at radius 1 is 1.19 bits per heavy atom. The number of nitrogens with one attached hydrogen (secondary N) is 1. The largest absolute Gasteiger partial charge is 0.369 e. The van der Waals surface area contributed by atoms with Crippen molar-refractivity contribution in [3.05, 3.63) is 54.0 Å². The van der Waals surface area contributed by atoms with Gasteiger partial charge in [0, 0.05) is 31.7 Å². The van der Waals surface area contributed by atoms with Crippen LogP contribution in [0.3, 0.4) is 0 Å². The first-order chi connectivity index (χ1) is 13.0. The molecule has 148 valence electrons. The lowest BCUT2D eigenvalue weighted by atomic mass is 10.1.